The minimum Gasteiger partial charge on any atom is -0.467 e. The van der Waals surface area contributed by atoms with E-state index in [4.69, 9.17) is 5.11 Å². The molecule has 1 atom stereocenters. The monoisotopic (exact) mass is 250 g/mol. The molecule has 1 aromatic rings. The lowest BCUT2D eigenvalue weighted by atomic mass is 10.2. The van der Waals surface area contributed by atoms with Crippen LogP contribution in [0.5, 0.6) is 0 Å². The van der Waals surface area contributed by atoms with Crippen molar-refractivity contribution < 1.29 is 19.4 Å². The van der Waals surface area contributed by atoms with Crippen molar-refractivity contribution >= 4 is 18.0 Å². The number of aliphatic hydroxyl groups is 1. The van der Waals surface area contributed by atoms with Gasteiger partial charge in [0, 0.05) is 18.5 Å². The Labute approximate surface area is 104 Å². The summed E-state index contributed by atoms with van der Waals surface area (Å²) in [6.07, 6.45) is 6.01. The summed E-state index contributed by atoms with van der Waals surface area (Å²) in [7, 11) is 1.18. The molecule has 1 amide bonds. The fourth-order valence-corrected chi connectivity index (χ4v) is 1.19. The van der Waals surface area contributed by atoms with Gasteiger partial charge in [-0.05, 0) is 17.7 Å². The second-order valence-corrected chi connectivity index (χ2v) is 3.39. The van der Waals surface area contributed by atoms with E-state index in [0.29, 0.717) is 0 Å². The summed E-state index contributed by atoms with van der Waals surface area (Å²) in [5, 5.41) is 11.2. The molecule has 1 heterocycles. The molecule has 18 heavy (non-hydrogen) atoms. The van der Waals surface area contributed by atoms with Gasteiger partial charge in [-0.1, -0.05) is 6.07 Å². The average Bonchev–Trinajstić information content (AvgIpc) is 2.42. The van der Waals surface area contributed by atoms with Gasteiger partial charge in [-0.15, -0.1) is 0 Å². The number of carbonyl (C=O) groups excluding carboxylic acids is 2. The van der Waals surface area contributed by atoms with Crippen LogP contribution in [0, 0.1) is 0 Å². The van der Waals surface area contributed by atoms with Crippen LogP contribution in [0.1, 0.15) is 5.56 Å². The fraction of sp³-hybridized carbons (Fsp3) is 0.250. The molecule has 0 aliphatic rings. The number of nitrogens with zero attached hydrogens (tertiary/aromatic N) is 1. The predicted molar refractivity (Wildman–Crippen MR) is 64.3 cm³/mol. The number of hydrogen-bond donors (Lipinski definition) is 2. The third kappa shape index (κ3) is 4.34. The molecule has 0 saturated heterocycles. The maximum atomic E-state index is 11.5. The van der Waals surface area contributed by atoms with E-state index in [1.807, 2.05) is 0 Å². The van der Waals surface area contributed by atoms with Crippen molar-refractivity contribution in [3.05, 3.63) is 36.2 Å². The number of hydrogen-bond acceptors (Lipinski definition) is 5. The van der Waals surface area contributed by atoms with Crippen LogP contribution in [0.15, 0.2) is 30.6 Å². The maximum Gasteiger partial charge on any atom is 0.330 e. The highest BCUT2D eigenvalue weighted by atomic mass is 16.5. The van der Waals surface area contributed by atoms with Crippen LogP contribution in [0.2, 0.25) is 0 Å². The molecule has 0 spiro atoms. The second kappa shape index (κ2) is 7.18. The number of aliphatic hydroxyl groups excluding tert-OH is 1. The fourth-order valence-electron chi connectivity index (χ4n) is 1.19. The van der Waals surface area contributed by atoms with Crippen molar-refractivity contribution in [2.24, 2.45) is 0 Å². The first-order chi connectivity index (χ1) is 8.67. The molecular formula is C12H14N2O4. The first-order valence-electron chi connectivity index (χ1n) is 5.24. The van der Waals surface area contributed by atoms with Crippen molar-refractivity contribution in [2.75, 3.05) is 13.7 Å². The normalized spacial score (nSPS) is 12.1. The van der Waals surface area contributed by atoms with Crippen LogP contribution in [0.25, 0.3) is 6.08 Å². The van der Waals surface area contributed by atoms with Crippen molar-refractivity contribution in [3.63, 3.8) is 0 Å². The van der Waals surface area contributed by atoms with E-state index in [1.54, 1.807) is 30.6 Å². The van der Waals surface area contributed by atoms with Crippen LogP contribution >= 0.6 is 0 Å². The van der Waals surface area contributed by atoms with Crippen LogP contribution in [0.4, 0.5) is 0 Å². The van der Waals surface area contributed by atoms with Crippen molar-refractivity contribution in [3.8, 4) is 0 Å². The zero-order chi connectivity index (χ0) is 13.4. The number of carbonyl (C=O) groups is 2. The van der Waals surface area contributed by atoms with Gasteiger partial charge >= 0.3 is 5.97 Å². The highest BCUT2D eigenvalue weighted by molar-refractivity contribution is 5.94. The number of aromatic nitrogens is 1. The Balaban J connectivity index is 2.56. The molecule has 2 N–H and O–H groups in total. The molecule has 1 aromatic heterocycles. The summed E-state index contributed by atoms with van der Waals surface area (Å²) in [5.41, 5.74) is 0.756. The Morgan fingerprint density at radius 2 is 2.39 bits per heavy atom. The Bertz CT molecular complexity index is 431. The van der Waals surface area contributed by atoms with E-state index < -0.39 is 24.5 Å². The molecule has 0 aromatic carbocycles. The van der Waals surface area contributed by atoms with Gasteiger partial charge in [0.1, 0.15) is 0 Å². The molecule has 96 valence electrons. The molecule has 0 fully saturated rings. The maximum absolute atomic E-state index is 11.5. The molecule has 0 saturated carbocycles. The van der Waals surface area contributed by atoms with Crippen molar-refractivity contribution in [1.82, 2.24) is 10.3 Å². The van der Waals surface area contributed by atoms with Crippen LogP contribution in [0.3, 0.4) is 0 Å². The van der Waals surface area contributed by atoms with Gasteiger partial charge in [-0.3, -0.25) is 9.78 Å². The first kappa shape index (κ1) is 13.9. The smallest absolute Gasteiger partial charge is 0.330 e. The predicted octanol–water partition coefficient (Wildman–Crippen LogP) is -0.255. The van der Waals surface area contributed by atoms with E-state index in [1.165, 1.54) is 13.2 Å². The zero-order valence-corrected chi connectivity index (χ0v) is 9.87. The summed E-state index contributed by atoms with van der Waals surface area (Å²) in [5.74, 6) is -1.19. The van der Waals surface area contributed by atoms with E-state index in [-0.39, 0.29) is 0 Å². The number of nitrogens with one attached hydrogen (secondary N) is 1. The van der Waals surface area contributed by atoms with Crippen LogP contribution in [-0.4, -0.2) is 41.7 Å². The molecule has 0 bridgehead atoms. The highest BCUT2D eigenvalue weighted by Crippen LogP contribution is 1.98. The standard InChI is InChI=1S/C12H14N2O4/c1-18-12(17)10(8-15)14-11(16)5-4-9-3-2-6-13-7-9/h2-7,10,15H,8H2,1H3,(H,14,16)/b5-4+. The molecule has 0 aliphatic heterocycles. The topological polar surface area (TPSA) is 88.5 Å². The summed E-state index contributed by atoms with van der Waals surface area (Å²) in [4.78, 5) is 26.5. The van der Waals surface area contributed by atoms with Gasteiger partial charge in [0.2, 0.25) is 5.91 Å². The lowest BCUT2D eigenvalue weighted by Crippen LogP contribution is -2.43. The number of pyridine rings is 1. The zero-order valence-electron chi connectivity index (χ0n) is 9.87. The quantitative estimate of drug-likeness (QED) is 0.555. The lowest BCUT2D eigenvalue weighted by molar-refractivity contribution is -0.145. The van der Waals surface area contributed by atoms with E-state index in [9.17, 15) is 9.59 Å². The minimum absolute atomic E-state index is 0.497. The average molecular weight is 250 g/mol. The van der Waals surface area contributed by atoms with Crippen molar-refractivity contribution in [2.45, 2.75) is 6.04 Å². The molecule has 1 rings (SSSR count). The molecule has 6 heteroatoms. The second-order valence-electron chi connectivity index (χ2n) is 3.39. The number of methoxy groups -OCH3 is 1. The van der Waals surface area contributed by atoms with Gasteiger partial charge < -0.3 is 15.2 Å². The summed E-state index contributed by atoms with van der Waals surface area (Å²) in [6.45, 7) is -0.515. The number of amides is 1. The largest absolute Gasteiger partial charge is 0.467 e. The van der Waals surface area contributed by atoms with Gasteiger partial charge in [-0.25, -0.2) is 4.79 Å². The summed E-state index contributed by atoms with van der Waals surface area (Å²) >= 11 is 0. The van der Waals surface area contributed by atoms with Crippen LogP contribution in [-0.2, 0) is 14.3 Å². The Morgan fingerprint density at radius 1 is 1.61 bits per heavy atom. The Hall–Kier alpha value is -2.21. The first-order valence-corrected chi connectivity index (χ1v) is 5.24. The Morgan fingerprint density at radius 3 is 2.94 bits per heavy atom. The van der Waals surface area contributed by atoms with E-state index >= 15 is 0 Å². The number of esters is 1. The van der Waals surface area contributed by atoms with E-state index in [0.717, 1.165) is 5.56 Å². The number of rotatable bonds is 5. The third-order valence-corrected chi connectivity index (χ3v) is 2.10. The molecule has 0 aliphatic carbocycles. The SMILES string of the molecule is COC(=O)C(CO)NC(=O)/C=C/c1cccnc1. The van der Waals surface area contributed by atoms with E-state index in [2.05, 4.69) is 15.0 Å². The van der Waals surface area contributed by atoms with Gasteiger partial charge in [0.25, 0.3) is 0 Å². The van der Waals surface area contributed by atoms with Crippen LogP contribution < -0.4 is 5.32 Å². The summed E-state index contributed by atoms with van der Waals surface area (Å²) < 4.78 is 4.42. The number of ether oxygens (including phenoxy) is 1. The Kier molecular flexibility index (Phi) is 5.53. The van der Waals surface area contributed by atoms with Crippen molar-refractivity contribution in [1.29, 1.82) is 0 Å². The molecule has 0 radical (unpaired) electrons. The lowest BCUT2D eigenvalue weighted by Gasteiger charge is -2.11. The minimum atomic E-state index is -1.05. The van der Waals surface area contributed by atoms with Gasteiger partial charge in [0.15, 0.2) is 6.04 Å². The third-order valence-electron chi connectivity index (χ3n) is 2.10. The highest BCUT2D eigenvalue weighted by Gasteiger charge is 2.18. The molecule has 6 nitrogen and oxygen atoms in total. The summed E-state index contributed by atoms with van der Waals surface area (Å²) in [6, 6.07) is 2.46. The van der Waals surface area contributed by atoms with Gasteiger partial charge in [-0.2, -0.15) is 0 Å². The molecule has 1 unspecified atom stereocenters. The van der Waals surface area contributed by atoms with Gasteiger partial charge in [0.05, 0.1) is 13.7 Å². The molecular weight excluding hydrogens is 236 g/mol.